The predicted molar refractivity (Wildman–Crippen MR) is 108 cm³/mol. The maximum absolute atomic E-state index is 12.5. The van der Waals surface area contributed by atoms with Gasteiger partial charge in [-0.3, -0.25) is 4.72 Å². The second kappa shape index (κ2) is 8.05. The first-order chi connectivity index (χ1) is 12.4. The second-order valence-electron chi connectivity index (χ2n) is 6.18. The van der Waals surface area contributed by atoms with Crippen molar-refractivity contribution in [3.05, 3.63) is 52.5 Å². The lowest BCUT2D eigenvalue weighted by atomic mass is 10.2. The number of benzene rings is 2. The Hall–Kier alpha value is -1.47. The predicted octanol–water partition coefficient (Wildman–Crippen LogP) is 3.94. The van der Waals surface area contributed by atoms with E-state index in [4.69, 9.17) is 23.2 Å². The highest BCUT2D eigenvalue weighted by atomic mass is 35.5. The van der Waals surface area contributed by atoms with Crippen molar-refractivity contribution >= 4 is 44.6 Å². The Morgan fingerprint density at radius 3 is 2.08 bits per heavy atom. The molecule has 0 saturated carbocycles. The molecule has 1 heterocycles. The third kappa shape index (κ3) is 4.62. The van der Waals surface area contributed by atoms with Crippen molar-refractivity contribution in [3.8, 4) is 0 Å². The number of nitrogens with one attached hydrogen (secondary N) is 1. The molecular weight excluding hydrogens is 393 g/mol. The van der Waals surface area contributed by atoms with E-state index in [2.05, 4.69) is 21.4 Å². The molecule has 3 rings (SSSR count). The normalized spacial score (nSPS) is 15.9. The molecule has 5 nitrogen and oxygen atoms in total. The number of sulfonamides is 1. The molecule has 1 aliphatic rings. The molecule has 1 saturated heterocycles. The lowest BCUT2D eigenvalue weighted by molar-refractivity contribution is 0.271. The van der Waals surface area contributed by atoms with Gasteiger partial charge in [0, 0.05) is 47.6 Å². The van der Waals surface area contributed by atoms with E-state index < -0.39 is 10.0 Å². The quantitative estimate of drug-likeness (QED) is 0.806. The molecule has 2 aromatic carbocycles. The fourth-order valence-electron chi connectivity index (χ4n) is 2.96. The molecule has 0 bridgehead atoms. The molecule has 0 unspecified atom stereocenters. The Kier molecular flexibility index (Phi) is 5.97. The number of likely N-dealkylation sites (N-methyl/N-ethyl adjacent to an activating group) is 1. The van der Waals surface area contributed by atoms with E-state index in [0.29, 0.717) is 5.69 Å². The highest BCUT2D eigenvalue weighted by Gasteiger charge is 2.18. The van der Waals surface area contributed by atoms with Crippen LogP contribution in [0.3, 0.4) is 0 Å². The van der Waals surface area contributed by atoms with E-state index in [1.807, 2.05) is 12.1 Å². The minimum Gasteiger partial charge on any atom is -0.369 e. The van der Waals surface area contributed by atoms with E-state index >= 15 is 0 Å². The van der Waals surface area contributed by atoms with Crippen molar-refractivity contribution in [1.82, 2.24) is 4.90 Å². The van der Waals surface area contributed by atoms with Gasteiger partial charge in [0.25, 0.3) is 10.0 Å². The summed E-state index contributed by atoms with van der Waals surface area (Å²) >= 11 is 11.8. The average Bonchev–Trinajstić information content (AvgIpc) is 2.61. The first-order valence-electron chi connectivity index (χ1n) is 8.43. The van der Waals surface area contributed by atoms with E-state index in [9.17, 15) is 8.42 Å². The van der Waals surface area contributed by atoms with Gasteiger partial charge in [-0.2, -0.15) is 0 Å². The number of nitrogens with zero attached hydrogens (tertiary/aromatic N) is 2. The van der Waals surface area contributed by atoms with Gasteiger partial charge in [-0.15, -0.1) is 0 Å². The molecule has 0 aliphatic carbocycles. The van der Waals surface area contributed by atoms with Crippen LogP contribution in [-0.4, -0.2) is 46.0 Å². The molecule has 1 N–H and O–H groups in total. The van der Waals surface area contributed by atoms with Crippen LogP contribution in [0.25, 0.3) is 0 Å². The third-order valence-electron chi connectivity index (χ3n) is 4.45. The van der Waals surface area contributed by atoms with Crippen molar-refractivity contribution in [1.29, 1.82) is 0 Å². The van der Waals surface area contributed by atoms with Crippen LogP contribution in [0.5, 0.6) is 0 Å². The number of piperazine rings is 1. The molecule has 0 atom stereocenters. The highest BCUT2D eigenvalue weighted by Crippen LogP contribution is 2.25. The van der Waals surface area contributed by atoms with Gasteiger partial charge in [-0.1, -0.05) is 30.1 Å². The first-order valence-corrected chi connectivity index (χ1v) is 10.7. The summed E-state index contributed by atoms with van der Waals surface area (Å²) in [4.78, 5) is 4.76. The van der Waals surface area contributed by atoms with Crippen LogP contribution in [0.4, 0.5) is 11.4 Å². The summed E-state index contributed by atoms with van der Waals surface area (Å²) in [5.41, 5.74) is 1.59. The van der Waals surface area contributed by atoms with E-state index in [-0.39, 0.29) is 14.9 Å². The van der Waals surface area contributed by atoms with Crippen molar-refractivity contribution in [3.63, 3.8) is 0 Å². The standard InChI is InChI=1S/C18H21Cl2N3O2S/c1-2-22-7-9-23(10-8-22)17-5-3-16(4-6-17)21-26(24,25)18-12-14(19)11-15(20)13-18/h3-6,11-13,21H,2,7-10H2,1H3. The van der Waals surface area contributed by atoms with Crippen LogP contribution in [0.15, 0.2) is 47.4 Å². The van der Waals surface area contributed by atoms with Gasteiger partial charge >= 0.3 is 0 Å². The molecule has 1 fully saturated rings. The van der Waals surface area contributed by atoms with Crippen molar-refractivity contribution in [2.75, 3.05) is 42.3 Å². The Labute approximate surface area is 164 Å². The number of halogens is 2. The molecule has 0 amide bonds. The van der Waals surface area contributed by atoms with Gasteiger partial charge in [0.2, 0.25) is 0 Å². The number of rotatable bonds is 5. The van der Waals surface area contributed by atoms with Crippen LogP contribution in [0.2, 0.25) is 10.0 Å². The van der Waals surface area contributed by atoms with Crippen LogP contribution in [-0.2, 0) is 10.0 Å². The van der Waals surface area contributed by atoms with Gasteiger partial charge in [-0.25, -0.2) is 8.42 Å². The lowest BCUT2D eigenvalue weighted by Crippen LogP contribution is -2.46. The molecule has 26 heavy (non-hydrogen) atoms. The minimum atomic E-state index is -3.75. The third-order valence-corrected chi connectivity index (χ3v) is 6.25. The maximum atomic E-state index is 12.5. The van der Waals surface area contributed by atoms with Crippen LogP contribution >= 0.6 is 23.2 Å². The molecule has 1 aliphatic heterocycles. The summed E-state index contributed by atoms with van der Waals surface area (Å²) in [6.07, 6.45) is 0. The van der Waals surface area contributed by atoms with Crippen molar-refractivity contribution in [2.24, 2.45) is 0 Å². The minimum absolute atomic E-state index is 0.0368. The SMILES string of the molecule is CCN1CCN(c2ccc(NS(=O)(=O)c3cc(Cl)cc(Cl)c3)cc2)CC1. The zero-order chi connectivity index (χ0) is 18.7. The molecule has 2 aromatic rings. The highest BCUT2D eigenvalue weighted by molar-refractivity contribution is 7.92. The number of hydrogen-bond acceptors (Lipinski definition) is 4. The van der Waals surface area contributed by atoms with Gasteiger partial charge in [-0.05, 0) is 49.0 Å². The first kappa shape index (κ1) is 19.3. The number of hydrogen-bond donors (Lipinski definition) is 1. The topological polar surface area (TPSA) is 52.6 Å². The van der Waals surface area contributed by atoms with Gasteiger partial charge in [0.05, 0.1) is 4.90 Å². The van der Waals surface area contributed by atoms with Gasteiger partial charge < -0.3 is 9.80 Å². The summed E-state index contributed by atoms with van der Waals surface area (Å²) in [6, 6.07) is 11.6. The largest absolute Gasteiger partial charge is 0.369 e. The zero-order valence-corrected chi connectivity index (χ0v) is 16.8. The average molecular weight is 414 g/mol. The summed E-state index contributed by atoms with van der Waals surface area (Å²) in [5, 5.41) is 0.555. The molecule has 0 radical (unpaired) electrons. The second-order valence-corrected chi connectivity index (χ2v) is 8.73. The monoisotopic (exact) mass is 413 g/mol. The number of anilines is 2. The molecule has 140 valence electrons. The van der Waals surface area contributed by atoms with Crippen LogP contribution < -0.4 is 9.62 Å². The fourth-order valence-corrected chi connectivity index (χ4v) is 4.74. The molecule has 0 spiro atoms. The summed E-state index contributed by atoms with van der Waals surface area (Å²) in [5.74, 6) is 0. The zero-order valence-electron chi connectivity index (χ0n) is 14.5. The Bertz CT molecular complexity index is 844. The smallest absolute Gasteiger partial charge is 0.261 e. The fraction of sp³-hybridized carbons (Fsp3) is 0.333. The van der Waals surface area contributed by atoms with Crippen LogP contribution in [0, 0.1) is 0 Å². The summed E-state index contributed by atoms with van der Waals surface area (Å²) in [7, 11) is -3.75. The van der Waals surface area contributed by atoms with E-state index in [1.54, 1.807) is 12.1 Å². The van der Waals surface area contributed by atoms with Crippen molar-refractivity contribution in [2.45, 2.75) is 11.8 Å². The lowest BCUT2D eigenvalue weighted by Gasteiger charge is -2.35. The maximum Gasteiger partial charge on any atom is 0.261 e. The van der Waals surface area contributed by atoms with Gasteiger partial charge in [0.15, 0.2) is 0 Å². The molecule has 0 aromatic heterocycles. The Morgan fingerprint density at radius 1 is 0.962 bits per heavy atom. The van der Waals surface area contributed by atoms with E-state index in [0.717, 1.165) is 38.4 Å². The molecular formula is C18H21Cl2N3O2S. The molecule has 8 heteroatoms. The van der Waals surface area contributed by atoms with Gasteiger partial charge in [0.1, 0.15) is 0 Å². The summed E-state index contributed by atoms with van der Waals surface area (Å²) < 4.78 is 27.6. The Balaban J connectivity index is 1.71. The summed E-state index contributed by atoms with van der Waals surface area (Å²) in [6.45, 7) is 7.27. The van der Waals surface area contributed by atoms with E-state index in [1.165, 1.54) is 18.2 Å². The van der Waals surface area contributed by atoms with Crippen LogP contribution in [0.1, 0.15) is 6.92 Å². The van der Waals surface area contributed by atoms with Crippen molar-refractivity contribution < 1.29 is 8.42 Å². The Morgan fingerprint density at radius 2 is 1.54 bits per heavy atom.